The second-order valence-electron chi connectivity index (χ2n) is 6.67. The van der Waals surface area contributed by atoms with Gasteiger partial charge in [0, 0.05) is 17.3 Å². The summed E-state index contributed by atoms with van der Waals surface area (Å²) in [4.78, 5) is 11.6. The highest BCUT2D eigenvalue weighted by Gasteiger charge is 2.30. The molecule has 0 aliphatic heterocycles. The van der Waals surface area contributed by atoms with E-state index in [1.54, 1.807) is 6.20 Å². The van der Waals surface area contributed by atoms with Crippen LogP contribution in [0.4, 0.5) is 13.2 Å². The fourth-order valence-electron chi connectivity index (χ4n) is 3.34. The van der Waals surface area contributed by atoms with Gasteiger partial charge in [0.15, 0.2) is 0 Å². The molecule has 0 saturated carbocycles. The zero-order chi connectivity index (χ0) is 20.6. The number of carbonyl (C=O) groups excluding carboxylic acids is 1. The van der Waals surface area contributed by atoms with Gasteiger partial charge >= 0.3 is 6.18 Å². The number of benzene rings is 3. The number of alkyl halides is 3. The van der Waals surface area contributed by atoms with Crippen molar-refractivity contribution < 1.29 is 18.0 Å². The molecule has 4 aromatic rings. The van der Waals surface area contributed by atoms with Gasteiger partial charge in [-0.15, -0.1) is 0 Å². The predicted octanol–water partition coefficient (Wildman–Crippen LogP) is 4.74. The predicted molar refractivity (Wildman–Crippen MR) is 104 cm³/mol. The van der Waals surface area contributed by atoms with Crippen LogP contribution >= 0.6 is 0 Å². The second-order valence-corrected chi connectivity index (χ2v) is 6.67. The maximum Gasteiger partial charge on any atom is 0.416 e. The SMILES string of the molecule is NC(=O)Cc1cn(-c2cccc(C(F)(F)F)c2)nc1-c1cccc2ccccc12. The lowest BCUT2D eigenvalue weighted by Crippen LogP contribution is -2.13. The van der Waals surface area contributed by atoms with Crippen molar-refractivity contribution in [1.82, 2.24) is 9.78 Å². The maximum atomic E-state index is 13.1. The van der Waals surface area contributed by atoms with E-state index in [-0.39, 0.29) is 12.1 Å². The summed E-state index contributed by atoms with van der Waals surface area (Å²) in [5, 5.41) is 6.43. The Kier molecular flexibility index (Phi) is 4.58. The number of nitrogens with two attached hydrogens (primary N) is 1. The number of primary amides is 1. The number of aromatic nitrogens is 2. The Morgan fingerprint density at radius 1 is 1.00 bits per heavy atom. The minimum atomic E-state index is -4.46. The molecule has 1 heterocycles. The van der Waals surface area contributed by atoms with Crippen molar-refractivity contribution in [2.75, 3.05) is 0 Å². The number of carbonyl (C=O) groups is 1. The number of hydrogen-bond donors (Lipinski definition) is 1. The molecule has 4 rings (SSSR count). The average molecular weight is 395 g/mol. The van der Waals surface area contributed by atoms with Crippen LogP contribution < -0.4 is 5.73 Å². The molecule has 4 nitrogen and oxygen atoms in total. The van der Waals surface area contributed by atoms with Crippen LogP contribution in [0.3, 0.4) is 0 Å². The van der Waals surface area contributed by atoms with Crippen molar-refractivity contribution in [3.8, 4) is 16.9 Å². The van der Waals surface area contributed by atoms with E-state index in [1.807, 2.05) is 42.5 Å². The van der Waals surface area contributed by atoms with Crippen molar-refractivity contribution in [3.05, 3.63) is 84.1 Å². The van der Waals surface area contributed by atoms with Crippen LogP contribution in [0.25, 0.3) is 27.7 Å². The highest BCUT2D eigenvalue weighted by atomic mass is 19.4. The van der Waals surface area contributed by atoms with Crippen molar-refractivity contribution in [1.29, 1.82) is 0 Å². The van der Waals surface area contributed by atoms with Gasteiger partial charge in [0.25, 0.3) is 0 Å². The summed E-state index contributed by atoms with van der Waals surface area (Å²) in [6, 6.07) is 18.3. The van der Waals surface area contributed by atoms with Crippen LogP contribution in [0.15, 0.2) is 72.9 Å². The Morgan fingerprint density at radius 2 is 1.72 bits per heavy atom. The molecule has 0 atom stereocenters. The molecule has 0 spiro atoms. The Bertz CT molecular complexity index is 1210. The quantitative estimate of drug-likeness (QED) is 0.543. The first-order valence-corrected chi connectivity index (χ1v) is 8.85. The maximum absolute atomic E-state index is 13.1. The number of nitrogens with zero attached hydrogens (tertiary/aromatic N) is 2. The largest absolute Gasteiger partial charge is 0.416 e. The Hall–Kier alpha value is -3.61. The van der Waals surface area contributed by atoms with Crippen molar-refractivity contribution >= 4 is 16.7 Å². The van der Waals surface area contributed by atoms with Crippen molar-refractivity contribution in [3.63, 3.8) is 0 Å². The highest BCUT2D eigenvalue weighted by molar-refractivity contribution is 5.97. The van der Waals surface area contributed by atoms with E-state index in [9.17, 15) is 18.0 Å². The zero-order valence-electron chi connectivity index (χ0n) is 15.1. The molecule has 0 saturated heterocycles. The fraction of sp³-hybridized carbons (Fsp3) is 0.0909. The monoisotopic (exact) mass is 395 g/mol. The molecule has 0 aliphatic rings. The van der Waals surface area contributed by atoms with Crippen LogP contribution in [0, 0.1) is 0 Å². The van der Waals surface area contributed by atoms with Crippen LogP contribution in [0.5, 0.6) is 0 Å². The molecule has 7 heteroatoms. The number of amides is 1. The minimum Gasteiger partial charge on any atom is -0.369 e. The van der Waals surface area contributed by atoms with Gasteiger partial charge in [0.05, 0.1) is 23.4 Å². The summed E-state index contributed by atoms with van der Waals surface area (Å²) >= 11 is 0. The molecule has 29 heavy (non-hydrogen) atoms. The highest BCUT2D eigenvalue weighted by Crippen LogP contribution is 2.33. The third kappa shape index (κ3) is 3.71. The zero-order valence-corrected chi connectivity index (χ0v) is 15.1. The second kappa shape index (κ2) is 7.09. The van der Waals surface area contributed by atoms with Gasteiger partial charge in [-0.25, -0.2) is 4.68 Å². The Labute approximate surface area is 164 Å². The van der Waals surface area contributed by atoms with E-state index in [4.69, 9.17) is 5.73 Å². The minimum absolute atomic E-state index is 0.0719. The lowest BCUT2D eigenvalue weighted by atomic mass is 9.99. The van der Waals surface area contributed by atoms with Gasteiger partial charge in [-0.05, 0) is 29.0 Å². The number of hydrogen-bond acceptors (Lipinski definition) is 2. The van der Waals surface area contributed by atoms with Crippen LogP contribution in [0.2, 0.25) is 0 Å². The van der Waals surface area contributed by atoms with Crippen molar-refractivity contribution in [2.24, 2.45) is 5.73 Å². The van der Waals surface area contributed by atoms with Gasteiger partial charge in [0.2, 0.25) is 5.91 Å². The summed E-state index contributed by atoms with van der Waals surface area (Å²) < 4.78 is 40.6. The Morgan fingerprint density at radius 3 is 2.48 bits per heavy atom. The fourth-order valence-corrected chi connectivity index (χ4v) is 3.34. The average Bonchev–Trinajstić information content (AvgIpc) is 3.10. The first-order chi connectivity index (χ1) is 13.8. The molecule has 1 aromatic heterocycles. The number of fused-ring (bicyclic) bond motifs is 1. The summed E-state index contributed by atoms with van der Waals surface area (Å²) in [7, 11) is 0. The molecule has 0 fully saturated rings. The topological polar surface area (TPSA) is 60.9 Å². The lowest BCUT2D eigenvalue weighted by Gasteiger charge is -2.08. The molecular formula is C22H16F3N3O. The van der Waals surface area contributed by atoms with E-state index in [2.05, 4.69) is 5.10 Å². The molecule has 0 radical (unpaired) electrons. The summed E-state index contributed by atoms with van der Waals surface area (Å²) in [5.41, 5.74) is 6.71. The Balaban J connectivity index is 1.90. The molecule has 146 valence electrons. The standard InChI is InChI=1S/C22H16F3N3O/c23-22(24,25)16-7-4-8-17(12-16)28-13-15(11-20(26)29)21(27-28)19-10-3-6-14-5-1-2-9-18(14)19/h1-10,12-13H,11H2,(H2,26,29). The van der Waals surface area contributed by atoms with Crippen molar-refractivity contribution in [2.45, 2.75) is 12.6 Å². The van der Waals surface area contributed by atoms with Gasteiger partial charge in [-0.1, -0.05) is 48.5 Å². The molecule has 1 amide bonds. The molecule has 2 N–H and O–H groups in total. The third-order valence-corrected chi connectivity index (χ3v) is 4.64. The van der Waals surface area contributed by atoms with E-state index in [1.165, 1.54) is 16.8 Å². The molecular weight excluding hydrogens is 379 g/mol. The smallest absolute Gasteiger partial charge is 0.369 e. The first-order valence-electron chi connectivity index (χ1n) is 8.85. The molecule has 0 unspecified atom stereocenters. The summed E-state index contributed by atoms with van der Waals surface area (Å²) in [6.45, 7) is 0. The van der Waals surface area contributed by atoms with Crippen LogP contribution in [0.1, 0.15) is 11.1 Å². The van der Waals surface area contributed by atoms with Gasteiger partial charge < -0.3 is 5.73 Å². The van der Waals surface area contributed by atoms with E-state index >= 15 is 0 Å². The summed E-state index contributed by atoms with van der Waals surface area (Å²) in [6.07, 6.45) is -2.98. The molecule has 0 aliphatic carbocycles. The molecule has 3 aromatic carbocycles. The van der Waals surface area contributed by atoms with Gasteiger partial charge in [-0.3, -0.25) is 4.79 Å². The third-order valence-electron chi connectivity index (χ3n) is 4.64. The number of halogens is 3. The summed E-state index contributed by atoms with van der Waals surface area (Å²) in [5.74, 6) is -0.546. The lowest BCUT2D eigenvalue weighted by molar-refractivity contribution is -0.137. The van der Waals surface area contributed by atoms with E-state index < -0.39 is 17.6 Å². The van der Waals surface area contributed by atoms with E-state index in [0.717, 1.165) is 28.5 Å². The van der Waals surface area contributed by atoms with Crippen LogP contribution in [-0.4, -0.2) is 15.7 Å². The van der Waals surface area contributed by atoms with Crippen LogP contribution in [-0.2, 0) is 17.4 Å². The number of rotatable bonds is 4. The van der Waals surface area contributed by atoms with Gasteiger partial charge in [-0.2, -0.15) is 18.3 Å². The van der Waals surface area contributed by atoms with Gasteiger partial charge in [0.1, 0.15) is 0 Å². The molecule has 0 bridgehead atoms. The normalized spacial score (nSPS) is 11.7. The van der Waals surface area contributed by atoms with E-state index in [0.29, 0.717) is 11.3 Å². The first kappa shape index (κ1) is 18.7.